The lowest BCUT2D eigenvalue weighted by Gasteiger charge is -2.31. The molecule has 0 saturated heterocycles. The van der Waals surface area contributed by atoms with Gasteiger partial charge >= 0.3 is 0 Å². The van der Waals surface area contributed by atoms with Crippen molar-refractivity contribution in [2.24, 2.45) is 5.92 Å². The van der Waals surface area contributed by atoms with Gasteiger partial charge in [-0.1, -0.05) is 63.1 Å². The maximum Gasteiger partial charge on any atom is 0.0685 e. The van der Waals surface area contributed by atoms with Crippen molar-refractivity contribution in [2.45, 2.75) is 96.9 Å². The topological polar surface area (TPSA) is 60.7 Å². The van der Waals surface area contributed by atoms with E-state index in [0.717, 1.165) is 36.8 Å². The lowest BCUT2D eigenvalue weighted by Crippen LogP contribution is -2.23. The summed E-state index contributed by atoms with van der Waals surface area (Å²) in [4.78, 5) is 0. The minimum atomic E-state index is -0.235. The zero-order valence-corrected chi connectivity index (χ0v) is 19.5. The second-order valence-electron chi connectivity index (χ2n) is 9.90. The van der Waals surface area contributed by atoms with Crippen LogP contribution in [0.5, 0.6) is 0 Å². The Kier molecular flexibility index (Phi) is 8.32. The van der Waals surface area contributed by atoms with E-state index in [4.69, 9.17) is 0 Å². The maximum atomic E-state index is 10.2. The van der Waals surface area contributed by atoms with Crippen LogP contribution < -0.4 is 0 Å². The zero-order valence-electron chi connectivity index (χ0n) is 19.5. The van der Waals surface area contributed by atoms with Gasteiger partial charge in [-0.05, 0) is 90.2 Å². The average Bonchev–Trinajstić information content (AvgIpc) is 3.26. The number of hydrogen-bond donors (Lipinski definition) is 3. The standard InChI is InChI=1S/C28H40O3/c1-20(2)27(31)11-9-23-8-10-26(16-21(23)3)28(13-4-5-14-28)15-12-22-6-7-24(18-29)25(17-22)19-30/h6-8,10,16-17,20,27,29-31H,4-5,9,11-15,18-19H2,1-3H3. The van der Waals surface area contributed by atoms with Crippen LogP contribution in [0.25, 0.3) is 0 Å². The van der Waals surface area contributed by atoms with Crippen LogP contribution in [0.4, 0.5) is 0 Å². The molecule has 1 aliphatic carbocycles. The summed E-state index contributed by atoms with van der Waals surface area (Å²) in [5, 5.41) is 29.2. The molecular weight excluding hydrogens is 384 g/mol. The number of rotatable bonds is 10. The van der Waals surface area contributed by atoms with E-state index >= 15 is 0 Å². The molecule has 31 heavy (non-hydrogen) atoms. The van der Waals surface area contributed by atoms with Gasteiger partial charge in [0, 0.05) is 0 Å². The van der Waals surface area contributed by atoms with E-state index in [2.05, 4.69) is 51.1 Å². The molecule has 0 aromatic heterocycles. The van der Waals surface area contributed by atoms with Crippen molar-refractivity contribution in [1.82, 2.24) is 0 Å². The molecule has 1 unspecified atom stereocenters. The molecule has 0 radical (unpaired) electrons. The Morgan fingerprint density at radius 3 is 2.16 bits per heavy atom. The Bertz CT molecular complexity index is 849. The van der Waals surface area contributed by atoms with Crippen molar-refractivity contribution in [3.05, 3.63) is 69.8 Å². The van der Waals surface area contributed by atoms with Gasteiger partial charge in [0.05, 0.1) is 19.3 Å². The monoisotopic (exact) mass is 424 g/mol. The molecule has 0 spiro atoms. The summed E-state index contributed by atoms with van der Waals surface area (Å²) in [7, 11) is 0. The lowest BCUT2D eigenvalue weighted by molar-refractivity contribution is 0.116. The molecule has 0 bridgehead atoms. The molecule has 0 amide bonds. The van der Waals surface area contributed by atoms with Crippen LogP contribution >= 0.6 is 0 Å². The number of aryl methyl sites for hydroxylation is 3. The van der Waals surface area contributed by atoms with Crippen LogP contribution in [0.2, 0.25) is 0 Å². The summed E-state index contributed by atoms with van der Waals surface area (Å²) >= 11 is 0. The highest BCUT2D eigenvalue weighted by Crippen LogP contribution is 2.45. The van der Waals surface area contributed by atoms with Gasteiger partial charge in [-0.3, -0.25) is 0 Å². The molecule has 3 heteroatoms. The summed E-state index contributed by atoms with van der Waals surface area (Å²) in [5.74, 6) is 0.305. The fourth-order valence-electron chi connectivity index (χ4n) is 5.20. The minimum absolute atomic E-state index is 0.0267. The fraction of sp³-hybridized carbons (Fsp3) is 0.571. The van der Waals surface area contributed by atoms with E-state index in [9.17, 15) is 15.3 Å². The van der Waals surface area contributed by atoms with Gasteiger partial charge in [-0.25, -0.2) is 0 Å². The van der Waals surface area contributed by atoms with Gasteiger partial charge in [0.1, 0.15) is 0 Å². The van der Waals surface area contributed by atoms with Crippen LogP contribution in [0.1, 0.15) is 85.8 Å². The highest BCUT2D eigenvalue weighted by molar-refractivity contribution is 5.37. The molecular formula is C28H40O3. The zero-order chi connectivity index (χ0) is 22.4. The predicted octanol–water partition coefficient (Wildman–Crippen LogP) is 5.37. The molecule has 0 heterocycles. The van der Waals surface area contributed by atoms with Crippen LogP contribution in [0.15, 0.2) is 36.4 Å². The fourth-order valence-corrected chi connectivity index (χ4v) is 5.20. The summed E-state index contributed by atoms with van der Waals surface area (Å²) < 4.78 is 0. The lowest BCUT2D eigenvalue weighted by atomic mass is 9.73. The third-order valence-electron chi connectivity index (χ3n) is 7.50. The van der Waals surface area contributed by atoms with Crippen LogP contribution in [-0.2, 0) is 31.5 Å². The second-order valence-corrected chi connectivity index (χ2v) is 9.90. The van der Waals surface area contributed by atoms with Crippen LogP contribution in [-0.4, -0.2) is 21.4 Å². The first-order chi connectivity index (χ1) is 14.9. The van der Waals surface area contributed by atoms with E-state index in [1.807, 2.05) is 6.07 Å². The Labute approximate surface area is 188 Å². The highest BCUT2D eigenvalue weighted by atomic mass is 16.3. The molecule has 2 aromatic rings. The molecule has 3 N–H and O–H groups in total. The first-order valence-corrected chi connectivity index (χ1v) is 12.0. The summed E-state index contributed by atoms with van der Waals surface area (Å²) in [6, 6.07) is 13.1. The van der Waals surface area contributed by atoms with E-state index in [-0.39, 0.29) is 24.7 Å². The molecule has 1 aliphatic rings. The van der Waals surface area contributed by atoms with E-state index in [1.54, 1.807) is 0 Å². The second kappa shape index (κ2) is 10.8. The van der Waals surface area contributed by atoms with Gasteiger partial charge in [0.2, 0.25) is 0 Å². The average molecular weight is 425 g/mol. The number of aliphatic hydroxyl groups excluding tert-OH is 3. The van der Waals surface area contributed by atoms with Crippen molar-refractivity contribution < 1.29 is 15.3 Å². The molecule has 1 fully saturated rings. The van der Waals surface area contributed by atoms with Gasteiger partial charge in [0.25, 0.3) is 0 Å². The first kappa shape index (κ1) is 24.0. The molecule has 3 rings (SSSR count). The van der Waals surface area contributed by atoms with Crippen molar-refractivity contribution in [3.8, 4) is 0 Å². The normalized spacial score (nSPS) is 16.7. The Morgan fingerprint density at radius 1 is 0.871 bits per heavy atom. The van der Waals surface area contributed by atoms with E-state index < -0.39 is 0 Å². The van der Waals surface area contributed by atoms with Gasteiger partial charge < -0.3 is 15.3 Å². The third-order valence-corrected chi connectivity index (χ3v) is 7.50. The molecule has 3 nitrogen and oxygen atoms in total. The number of benzene rings is 2. The Balaban J connectivity index is 1.74. The predicted molar refractivity (Wildman–Crippen MR) is 127 cm³/mol. The quantitative estimate of drug-likeness (QED) is 0.480. The Hall–Kier alpha value is -1.68. The number of aliphatic hydroxyl groups is 3. The van der Waals surface area contributed by atoms with Crippen molar-refractivity contribution >= 4 is 0 Å². The molecule has 1 saturated carbocycles. The van der Waals surface area contributed by atoms with Crippen LogP contribution in [0, 0.1) is 12.8 Å². The molecule has 170 valence electrons. The highest BCUT2D eigenvalue weighted by Gasteiger charge is 2.35. The van der Waals surface area contributed by atoms with E-state index in [0.29, 0.717) is 5.92 Å². The summed E-state index contributed by atoms with van der Waals surface area (Å²) in [6.07, 6.45) is 8.65. The van der Waals surface area contributed by atoms with Crippen molar-refractivity contribution in [3.63, 3.8) is 0 Å². The first-order valence-electron chi connectivity index (χ1n) is 12.0. The van der Waals surface area contributed by atoms with Crippen molar-refractivity contribution in [1.29, 1.82) is 0 Å². The number of hydrogen-bond acceptors (Lipinski definition) is 3. The third kappa shape index (κ3) is 5.77. The van der Waals surface area contributed by atoms with Gasteiger partial charge in [0.15, 0.2) is 0 Å². The maximum absolute atomic E-state index is 10.2. The Morgan fingerprint density at radius 2 is 1.55 bits per heavy atom. The van der Waals surface area contributed by atoms with Gasteiger partial charge in [-0.15, -0.1) is 0 Å². The van der Waals surface area contributed by atoms with Gasteiger partial charge in [-0.2, -0.15) is 0 Å². The smallest absolute Gasteiger partial charge is 0.0685 e. The largest absolute Gasteiger partial charge is 0.393 e. The van der Waals surface area contributed by atoms with Crippen LogP contribution in [0.3, 0.4) is 0 Å². The SMILES string of the molecule is Cc1cc(C2(CCc3ccc(CO)c(CO)c3)CCCC2)ccc1CCC(O)C(C)C. The molecule has 1 atom stereocenters. The molecule has 2 aromatic carbocycles. The minimum Gasteiger partial charge on any atom is -0.393 e. The van der Waals surface area contributed by atoms with Crippen molar-refractivity contribution in [2.75, 3.05) is 0 Å². The summed E-state index contributed by atoms with van der Waals surface area (Å²) in [5.41, 5.74) is 7.28. The summed E-state index contributed by atoms with van der Waals surface area (Å²) in [6.45, 7) is 6.31. The van der Waals surface area contributed by atoms with E-state index in [1.165, 1.54) is 47.9 Å². The molecule has 0 aliphatic heterocycles.